The van der Waals surface area contributed by atoms with Crippen molar-refractivity contribution in [3.63, 3.8) is 0 Å². The fourth-order valence-electron chi connectivity index (χ4n) is 2.97. The van der Waals surface area contributed by atoms with Crippen molar-refractivity contribution < 1.29 is 19.2 Å². The number of aryl methyl sites for hydroxylation is 1. The molecule has 3 aromatic rings. The first-order valence-corrected chi connectivity index (χ1v) is 8.94. The minimum absolute atomic E-state index is 0.0545. The van der Waals surface area contributed by atoms with Crippen molar-refractivity contribution in [1.82, 2.24) is 9.97 Å². The summed E-state index contributed by atoms with van der Waals surface area (Å²) in [7, 11) is 1.56. The number of hydrogen-bond acceptors (Lipinski definition) is 6. The average Bonchev–Trinajstić information content (AvgIpc) is 2.79. The Balaban J connectivity index is 2.05. The van der Waals surface area contributed by atoms with Gasteiger partial charge in [-0.3, -0.25) is 29.1 Å². The van der Waals surface area contributed by atoms with Crippen LogP contribution in [0, 0.1) is 6.92 Å². The fourth-order valence-corrected chi connectivity index (χ4v) is 2.97. The molecule has 0 aliphatic carbocycles. The lowest BCUT2D eigenvalue weighted by Crippen LogP contribution is -2.31. The maximum Gasteiger partial charge on any atom is 0.265 e. The first-order valence-electron chi connectivity index (χ1n) is 8.94. The lowest BCUT2D eigenvalue weighted by atomic mass is 9.97. The number of aromatic nitrogens is 2. The summed E-state index contributed by atoms with van der Waals surface area (Å²) in [5.41, 5.74) is 1.72. The Morgan fingerprint density at radius 1 is 0.833 bits per heavy atom. The van der Waals surface area contributed by atoms with Gasteiger partial charge in [-0.15, -0.1) is 0 Å². The lowest BCUT2D eigenvalue weighted by Gasteiger charge is -2.21. The molecule has 3 rings (SSSR count). The minimum atomic E-state index is -0.619. The molecule has 0 saturated heterocycles. The van der Waals surface area contributed by atoms with E-state index in [1.54, 1.807) is 38.5 Å². The molecule has 0 radical (unpaired) electrons. The second-order valence-corrected chi connectivity index (χ2v) is 6.43. The largest absolute Gasteiger partial charge is 0.311 e. The molecule has 0 bridgehead atoms. The SMILES string of the molecule is Cc1cc(C=O)c(C(=O)N(C)c2ccncc2)cc1C(=O)N(C=O)c1ccncc1. The number of pyridine rings is 2. The normalized spacial score (nSPS) is 10.2. The summed E-state index contributed by atoms with van der Waals surface area (Å²) in [4.78, 5) is 59.4. The molecular formula is C22H18N4O4. The van der Waals surface area contributed by atoms with Crippen LogP contribution in [0.2, 0.25) is 0 Å². The molecular weight excluding hydrogens is 384 g/mol. The van der Waals surface area contributed by atoms with E-state index in [4.69, 9.17) is 0 Å². The van der Waals surface area contributed by atoms with Crippen molar-refractivity contribution in [3.8, 4) is 0 Å². The third-order valence-electron chi connectivity index (χ3n) is 4.60. The van der Waals surface area contributed by atoms with E-state index in [1.807, 2.05) is 0 Å². The Labute approximate surface area is 172 Å². The molecule has 1 aromatic carbocycles. The third kappa shape index (κ3) is 3.97. The predicted molar refractivity (Wildman–Crippen MR) is 111 cm³/mol. The van der Waals surface area contributed by atoms with Crippen LogP contribution < -0.4 is 9.80 Å². The molecule has 0 fully saturated rings. The zero-order valence-corrected chi connectivity index (χ0v) is 16.4. The van der Waals surface area contributed by atoms with Gasteiger partial charge in [0.15, 0.2) is 6.29 Å². The van der Waals surface area contributed by atoms with Crippen molar-refractivity contribution in [2.24, 2.45) is 0 Å². The van der Waals surface area contributed by atoms with Gasteiger partial charge in [-0.1, -0.05) is 0 Å². The Bertz CT molecular complexity index is 1100. The number of anilines is 2. The van der Waals surface area contributed by atoms with Gasteiger partial charge in [0, 0.05) is 48.6 Å². The maximum absolute atomic E-state index is 13.1. The van der Waals surface area contributed by atoms with Crippen molar-refractivity contribution >= 4 is 35.9 Å². The van der Waals surface area contributed by atoms with Crippen LogP contribution in [0.5, 0.6) is 0 Å². The molecule has 0 atom stereocenters. The van der Waals surface area contributed by atoms with Gasteiger partial charge in [0.05, 0.1) is 11.3 Å². The summed E-state index contributed by atoms with van der Waals surface area (Å²) in [6, 6.07) is 9.14. The molecule has 30 heavy (non-hydrogen) atoms. The van der Waals surface area contributed by atoms with Crippen LogP contribution in [0.1, 0.15) is 36.6 Å². The van der Waals surface area contributed by atoms with Gasteiger partial charge < -0.3 is 4.90 Å². The molecule has 150 valence electrons. The van der Waals surface area contributed by atoms with Crippen molar-refractivity contribution in [3.05, 3.63) is 83.4 Å². The number of hydrogen-bond donors (Lipinski definition) is 0. The highest BCUT2D eigenvalue weighted by atomic mass is 16.2. The van der Waals surface area contributed by atoms with Crippen LogP contribution in [-0.2, 0) is 4.79 Å². The van der Waals surface area contributed by atoms with E-state index in [1.165, 1.54) is 41.6 Å². The lowest BCUT2D eigenvalue weighted by molar-refractivity contribution is -0.106. The number of carbonyl (C=O) groups excluding carboxylic acids is 4. The minimum Gasteiger partial charge on any atom is -0.311 e. The van der Waals surface area contributed by atoms with E-state index >= 15 is 0 Å². The predicted octanol–water partition coefficient (Wildman–Crippen LogP) is 2.68. The Hall–Kier alpha value is -4.20. The van der Waals surface area contributed by atoms with Crippen LogP contribution in [0.4, 0.5) is 11.4 Å². The summed E-state index contributed by atoms with van der Waals surface area (Å²) >= 11 is 0. The molecule has 8 heteroatoms. The van der Waals surface area contributed by atoms with Crippen LogP contribution in [0.25, 0.3) is 0 Å². The summed E-state index contributed by atoms with van der Waals surface area (Å²) in [6.07, 6.45) is 6.96. The third-order valence-corrected chi connectivity index (χ3v) is 4.60. The standard InChI is InChI=1S/C22H18N4O4/c1-15-11-16(13-27)20(21(29)25(2)17-3-7-23-8-4-17)12-19(15)22(30)26(14-28)18-5-9-24-10-6-18/h3-14H,1-2H3. The second kappa shape index (κ2) is 8.87. The van der Waals surface area contributed by atoms with Gasteiger partial charge in [0.2, 0.25) is 6.41 Å². The van der Waals surface area contributed by atoms with Crippen LogP contribution in [0.15, 0.2) is 61.2 Å². The van der Waals surface area contributed by atoms with E-state index < -0.39 is 11.8 Å². The summed E-state index contributed by atoms with van der Waals surface area (Å²) in [5, 5.41) is 0. The van der Waals surface area contributed by atoms with E-state index in [2.05, 4.69) is 9.97 Å². The van der Waals surface area contributed by atoms with Crippen LogP contribution in [0.3, 0.4) is 0 Å². The molecule has 0 aliphatic rings. The summed E-state index contributed by atoms with van der Waals surface area (Å²) in [6.45, 7) is 1.64. The van der Waals surface area contributed by atoms with Gasteiger partial charge >= 0.3 is 0 Å². The topological polar surface area (TPSA) is 101 Å². The Morgan fingerprint density at radius 2 is 1.40 bits per heavy atom. The highest BCUT2D eigenvalue weighted by molar-refractivity contribution is 6.18. The Morgan fingerprint density at radius 3 is 1.93 bits per heavy atom. The molecule has 0 unspecified atom stereocenters. The quantitative estimate of drug-likeness (QED) is 0.588. The summed E-state index contributed by atoms with van der Waals surface area (Å²) in [5.74, 6) is -1.09. The van der Waals surface area contributed by atoms with Gasteiger partial charge in [-0.05, 0) is 48.9 Å². The van der Waals surface area contributed by atoms with Gasteiger partial charge in [0.25, 0.3) is 11.8 Å². The number of imide groups is 1. The zero-order valence-electron chi connectivity index (χ0n) is 16.4. The van der Waals surface area contributed by atoms with E-state index in [0.717, 1.165) is 4.90 Å². The van der Waals surface area contributed by atoms with E-state index in [9.17, 15) is 19.2 Å². The Kier molecular flexibility index (Phi) is 6.07. The average molecular weight is 402 g/mol. The first kappa shape index (κ1) is 20.5. The molecule has 2 aromatic heterocycles. The first-order chi connectivity index (χ1) is 14.5. The molecule has 8 nitrogen and oxygen atoms in total. The highest BCUT2D eigenvalue weighted by Crippen LogP contribution is 2.23. The van der Waals surface area contributed by atoms with Gasteiger partial charge in [0.1, 0.15) is 0 Å². The second-order valence-electron chi connectivity index (χ2n) is 6.43. The van der Waals surface area contributed by atoms with Gasteiger partial charge in [-0.25, -0.2) is 4.90 Å². The molecule has 0 aliphatic heterocycles. The van der Waals surface area contributed by atoms with Crippen LogP contribution >= 0.6 is 0 Å². The van der Waals surface area contributed by atoms with Crippen molar-refractivity contribution in [2.75, 3.05) is 16.8 Å². The molecule has 2 heterocycles. The fraction of sp³-hybridized carbons (Fsp3) is 0.0909. The van der Waals surface area contributed by atoms with Crippen molar-refractivity contribution in [1.29, 1.82) is 0 Å². The zero-order chi connectivity index (χ0) is 21.7. The maximum atomic E-state index is 13.1. The number of nitrogens with zero attached hydrogens (tertiary/aromatic N) is 4. The smallest absolute Gasteiger partial charge is 0.265 e. The number of amides is 3. The van der Waals surface area contributed by atoms with E-state index in [-0.39, 0.29) is 16.7 Å². The number of aldehydes is 1. The number of carbonyl (C=O) groups is 4. The molecule has 0 N–H and O–H groups in total. The highest BCUT2D eigenvalue weighted by Gasteiger charge is 2.24. The van der Waals surface area contributed by atoms with Crippen LogP contribution in [-0.4, -0.2) is 41.5 Å². The van der Waals surface area contributed by atoms with E-state index in [0.29, 0.717) is 29.6 Å². The summed E-state index contributed by atoms with van der Waals surface area (Å²) < 4.78 is 0. The number of benzene rings is 1. The van der Waals surface area contributed by atoms with Crippen molar-refractivity contribution in [2.45, 2.75) is 6.92 Å². The molecule has 0 saturated carbocycles. The number of rotatable bonds is 6. The molecule has 0 spiro atoms. The monoisotopic (exact) mass is 402 g/mol. The van der Waals surface area contributed by atoms with Gasteiger partial charge in [-0.2, -0.15) is 0 Å². The molecule has 3 amide bonds.